The van der Waals surface area contributed by atoms with Gasteiger partial charge in [0.1, 0.15) is 18.2 Å². The average Bonchev–Trinajstić information content (AvgIpc) is 2.34. The zero-order valence-corrected chi connectivity index (χ0v) is 11.6. The third-order valence-electron chi connectivity index (χ3n) is 2.15. The van der Waals surface area contributed by atoms with E-state index in [0.717, 1.165) is 17.0 Å². The maximum atomic E-state index is 13.5. The van der Waals surface area contributed by atoms with E-state index in [0.29, 0.717) is 0 Å². The third-order valence-corrected chi connectivity index (χ3v) is 2.75. The lowest BCUT2D eigenvalue weighted by Gasteiger charge is -2.18. The van der Waals surface area contributed by atoms with Crippen LogP contribution in [0.4, 0.5) is 19.3 Å². The zero-order valence-electron chi connectivity index (χ0n) is 9.99. The van der Waals surface area contributed by atoms with E-state index in [1.807, 2.05) is 0 Å². The summed E-state index contributed by atoms with van der Waals surface area (Å²) in [5.41, 5.74) is -0.414. The second-order valence-corrected chi connectivity index (χ2v) is 4.48. The van der Waals surface area contributed by atoms with E-state index in [4.69, 9.17) is 11.5 Å². The minimum absolute atomic E-state index is 0.0981. The summed E-state index contributed by atoms with van der Waals surface area (Å²) in [4.78, 5) is 23.1. The van der Waals surface area contributed by atoms with Crippen molar-refractivity contribution in [2.24, 2.45) is 0 Å². The number of urea groups is 1. The molecule has 0 unspecified atom stereocenters. The molecule has 0 atom stereocenters. The van der Waals surface area contributed by atoms with Crippen molar-refractivity contribution in [3.8, 4) is 12.3 Å². The Morgan fingerprint density at radius 3 is 2.60 bits per heavy atom. The molecule has 20 heavy (non-hydrogen) atoms. The number of amides is 2. The van der Waals surface area contributed by atoms with Gasteiger partial charge in [-0.25, -0.2) is 13.6 Å². The van der Waals surface area contributed by atoms with Crippen molar-refractivity contribution < 1.29 is 23.5 Å². The van der Waals surface area contributed by atoms with Gasteiger partial charge in [0.25, 0.3) is 0 Å². The van der Waals surface area contributed by atoms with Gasteiger partial charge in [0.05, 0.1) is 16.7 Å². The fraction of sp³-hybridized carbons (Fsp3) is 0.167. The van der Waals surface area contributed by atoms with E-state index in [9.17, 15) is 18.4 Å². The highest BCUT2D eigenvalue weighted by atomic mass is 79.9. The summed E-state index contributed by atoms with van der Waals surface area (Å²) in [5, 5.41) is 10.7. The molecule has 0 aliphatic rings. The van der Waals surface area contributed by atoms with E-state index < -0.39 is 35.9 Å². The SMILES string of the molecule is C#CCN(CC(=O)O)C(=O)Nc1cc(F)c(Br)cc1F. The van der Waals surface area contributed by atoms with Crippen LogP contribution in [0.1, 0.15) is 0 Å². The van der Waals surface area contributed by atoms with Crippen molar-refractivity contribution in [3.63, 3.8) is 0 Å². The van der Waals surface area contributed by atoms with Gasteiger partial charge in [-0.15, -0.1) is 6.42 Å². The van der Waals surface area contributed by atoms with Gasteiger partial charge in [0.15, 0.2) is 0 Å². The number of nitrogens with one attached hydrogen (secondary N) is 1. The number of benzene rings is 1. The van der Waals surface area contributed by atoms with Gasteiger partial charge in [-0.2, -0.15) is 0 Å². The molecule has 1 rings (SSSR count). The molecule has 5 nitrogen and oxygen atoms in total. The summed E-state index contributed by atoms with van der Waals surface area (Å²) in [6, 6.07) is 0.672. The van der Waals surface area contributed by atoms with Gasteiger partial charge in [-0.1, -0.05) is 5.92 Å². The molecule has 106 valence electrons. The molecule has 0 radical (unpaired) electrons. The molecule has 0 spiro atoms. The molecule has 1 aromatic carbocycles. The first kappa shape index (κ1) is 15.9. The van der Waals surface area contributed by atoms with E-state index >= 15 is 0 Å². The Bertz CT molecular complexity index is 587. The van der Waals surface area contributed by atoms with Gasteiger partial charge in [0.2, 0.25) is 0 Å². The molecule has 0 aromatic heterocycles. The van der Waals surface area contributed by atoms with Crippen molar-refractivity contribution in [1.29, 1.82) is 0 Å². The van der Waals surface area contributed by atoms with E-state index in [2.05, 4.69) is 27.2 Å². The first-order valence-electron chi connectivity index (χ1n) is 5.21. The van der Waals surface area contributed by atoms with Crippen LogP contribution in [0.5, 0.6) is 0 Å². The standard InChI is InChI=1S/C12H9BrF2N2O3/c1-2-3-17(6-11(18)19)12(20)16-10-5-8(14)7(13)4-9(10)15/h1,4-5H,3,6H2,(H,16,20)(H,18,19). The van der Waals surface area contributed by atoms with Crippen molar-refractivity contribution in [2.75, 3.05) is 18.4 Å². The molecule has 0 heterocycles. The molecule has 0 fully saturated rings. The molecule has 2 amide bonds. The van der Waals surface area contributed by atoms with E-state index in [-0.39, 0.29) is 11.0 Å². The van der Waals surface area contributed by atoms with Gasteiger partial charge in [-0.3, -0.25) is 4.79 Å². The Hall–Kier alpha value is -2.14. The van der Waals surface area contributed by atoms with Gasteiger partial charge >= 0.3 is 12.0 Å². The number of halogens is 3. The molecule has 1 aromatic rings. The number of terminal acetylenes is 1. The van der Waals surface area contributed by atoms with Crippen molar-refractivity contribution in [3.05, 3.63) is 28.2 Å². The zero-order chi connectivity index (χ0) is 15.3. The highest BCUT2D eigenvalue weighted by molar-refractivity contribution is 9.10. The fourth-order valence-electron chi connectivity index (χ4n) is 1.29. The smallest absolute Gasteiger partial charge is 0.323 e. The normalized spacial score (nSPS) is 9.70. The topological polar surface area (TPSA) is 69.6 Å². The van der Waals surface area contributed by atoms with Crippen LogP contribution in [-0.4, -0.2) is 35.1 Å². The van der Waals surface area contributed by atoms with Crippen LogP contribution in [0.2, 0.25) is 0 Å². The first-order valence-corrected chi connectivity index (χ1v) is 6.00. The summed E-state index contributed by atoms with van der Waals surface area (Å²) in [6.45, 7) is -0.935. The summed E-state index contributed by atoms with van der Waals surface area (Å²) in [7, 11) is 0. The molecular weight excluding hydrogens is 338 g/mol. The summed E-state index contributed by atoms with van der Waals surface area (Å²) < 4.78 is 26.7. The molecular formula is C12H9BrF2N2O3. The number of rotatable bonds is 4. The van der Waals surface area contributed by atoms with E-state index in [1.165, 1.54) is 0 Å². The number of hydrogen-bond donors (Lipinski definition) is 2. The summed E-state index contributed by atoms with van der Waals surface area (Å²) >= 11 is 2.79. The van der Waals surface area contributed by atoms with Crippen LogP contribution >= 0.6 is 15.9 Å². The van der Waals surface area contributed by atoms with Crippen LogP contribution in [0.25, 0.3) is 0 Å². The first-order chi connectivity index (χ1) is 9.35. The Kier molecular flexibility index (Phi) is 5.46. The number of carboxylic acids is 1. The lowest BCUT2D eigenvalue weighted by molar-refractivity contribution is -0.137. The molecule has 0 aliphatic heterocycles. The number of carbonyl (C=O) groups is 2. The second kappa shape index (κ2) is 6.86. The number of carbonyl (C=O) groups excluding carboxylic acids is 1. The monoisotopic (exact) mass is 346 g/mol. The molecule has 0 bridgehead atoms. The Morgan fingerprint density at radius 2 is 2.05 bits per heavy atom. The number of anilines is 1. The second-order valence-electron chi connectivity index (χ2n) is 3.63. The van der Waals surface area contributed by atoms with Gasteiger partial charge in [0, 0.05) is 6.07 Å². The lowest BCUT2D eigenvalue weighted by atomic mass is 10.3. The Labute approximate surface area is 121 Å². The molecule has 0 saturated carbocycles. The number of aliphatic carboxylic acids is 1. The van der Waals surface area contributed by atoms with Crippen molar-refractivity contribution in [1.82, 2.24) is 4.90 Å². The predicted octanol–water partition coefficient (Wildman–Crippen LogP) is 2.28. The highest BCUT2D eigenvalue weighted by Crippen LogP contribution is 2.23. The third kappa shape index (κ3) is 4.20. The van der Waals surface area contributed by atoms with Crippen molar-refractivity contribution >= 4 is 33.6 Å². The highest BCUT2D eigenvalue weighted by Gasteiger charge is 2.18. The van der Waals surface area contributed by atoms with Gasteiger partial charge < -0.3 is 15.3 Å². The van der Waals surface area contributed by atoms with Crippen LogP contribution in [0.3, 0.4) is 0 Å². The summed E-state index contributed by atoms with van der Waals surface area (Å²) in [5.74, 6) is -0.826. The van der Waals surface area contributed by atoms with Crippen LogP contribution in [0, 0.1) is 24.0 Å². The van der Waals surface area contributed by atoms with E-state index in [1.54, 1.807) is 0 Å². The van der Waals surface area contributed by atoms with Gasteiger partial charge in [-0.05, 0) is 22.0 Å². The average molecular weight is 347 g/mol. The maximum absolute atomic E-state index is 13.5. The predicted molar refractivity (Wildman–Crippen MR) is 71.1 cm³/mol. The molecule has 2 N–H and O–H groups in total. The van der Waals surface area contributed by atoms with Crippen molar-refractivity contribution in [2.45, 2.75) is 0 Å². The fourth-order valence-corrected chi connectivity index (χ4v) is 1.60. The Balaban J connectivity index is 2.91. The summed E-state index contributed by atoms with van der Waals surface area (Å²) in [6.07, 6.45) is 5.01. The number of hydrogen-bond acceptors (Lipinski definition) is 2. The van der Waals surface area contributed by atoms with Crippen LogP contribution < -0.4 is 5.32 Å². The quantitative estimate of drug-likeness (QED) is 0.649. The van der Waals surface area contributed by atoms with Crippen LogP contribution in [-0.2, 0) is 4.79 Å². The number of carboxylic acid groups (broad SMARTS) is 1. The largest absolute Gasteiger partial charge is 0.480 e. The molecule has 8 heteroatoms. The minimum atomic E-state index is -1.28. The molecule has 0 saturated heterocycles. The minimum Gasteiger partial charge on any atom is -0.480 e. The maximum Gasteiger partial charge on any atom is 0.323 e. The van der Waals surface area contributed by atoms with Crippen LogP contribution in [0.15, 0.2) is 16.6 Å². The lowest BCUT2D eigenvalue weighted by Crippen LogP contribution is -2.39. The number of nitrogens with zero attached hydrogens (tertiary/aromatic N) is 1. The molecule has 0 aliphatic carbocycles. The Morgan fingerprint density at radius 1 is 1.40 bits per heavy atom.